The van der Waals surface area contributed by atoms with E-state index in [2.05, 4.69) is 79.3 Å². The Morgan fingerprint density at radius 2 is 1.72 bits per heavy atom. The molecular formula is C25H43N5O2. The number of hydrogen-bond acceptors (Lipinski definition) is 5. The average molecular weight is 446 g/mol. The van der Waals surface area contributed by atoms with E-state index in [1.807, 2.05) is 0 Å². The molecule has 7 nitrogen and oxygen atoms in total. The van der Waals surface area contributed by atoms with Gasteiger partial charge in [0.2, 0.25) is 0 Å². The van der Waals surface area contributed by atoms with Gasteiger partial charge in [-0.05, 0) is 45.7 Å². The van der Waals surface area contributed by atoms with Crippen LogP contribution in [0.25, 0.3) is 0 Å². The van der Waals surface area contributed by atoms with Crippen molar-refractivity contribution in [3.05, 3.63) is 35.4 Å². The predicted octanol–water partition coefficient (Wildman–Crippen LogP) is 2.46. The van der Waals surface area contributed by atoms with E-state index in [1.165, 1.54) is 11.1 Å². The van der Waals surface area contributed by atoms with E-state index in [0.717, 1.165) is 65.0 Å². The lowest BCUT2D eigenvalue weighted by Crippen LogP contribution is -2.56. The third-order valence-electron chi connectivity index (χ3n) is 6.31. The zero-order valence-electron chi connectivity index (χ0n) is 20.7. The molecule has 32 heavy (non-hydrogen) atoms. The predicted molar refractivity (Wildman–Crippen MR) is 131 cm³/mol. The molecule has 2 unspecified atom stereocenters. The molecule has 0 radical (unpaired) electrons. The first-order chi connectivity index (χ1) is 15.4. The minimum atomic E-state index is 0.0433. The Bertz CT molecular complexity index is 723. The van der Waals surface area contributed by atoms with E-state index < -0.39 is 0 Å². The summed E-state index contributed by atoms with van der Waals surface area (Å²) in [5, 5.41) is 6.98. The highest BCUT2D eigenvalue weighted by Gasteiger charge is 2.28. The summed E-state index contributed by atoms with van der Waals surface area (Å²) < 4.78 is 11.4. The topological polar surface area (TPSA) is 61.4 Å². The molecule has 7 heteroatoms. The van der Waals surface area contributed by atoms with E-state index in [0.29, 0.717) is 6.54 Å². The molecule has 2 heterocycles. The number of benzene rings is 1. The summed E-state index contributed by atoms with van der Waals surface area (Å²) in [5.41, 5.74) is 2.67. The maximum atomic E-state index is 5.90. The Kier molecular flexibility index (Phi) is 9.34. The van der Waals surface area contributed by atoms with E-state index in [1.54, 1.807) is 0 Å². The molecular weight excluding hydrogens is 402 g/mol. The van der Waals surface area contributed by atoms with Gasteiger partial charge in [-0.2, -0.15) is 0 Å². The average Bonchev–Trinajstić information content (AvgIpc) is 2.76. The summed E-state index contributed by atoms with van der Waals surface area (Å²) in [6, 6.07) is 8.68. The normalized spacial score (nSPS) is 23.8. The Morgan fingerprint density at radius 1 is 1.06 bits per heavy atom. The highest BCUT2D eigenvalue weighted by molar-refractivity contribution is 5.79. The van der Waals surface area contributed by atoms with Gasteiger partial charge in [-0.1, -0.05) is 24.3 Å². The molecule has 1 aromatic rings. The second kappa shape index (κ2) is 12.0. The third-order valence-corrected chi connectivity index (χ3v) is 6.31. The molecule has 2 aliphatic heterocycles. The molecule has 0 spiro atoms. The van der Waals surface area contributed by atoms with Gasteiger partial charge < -0.3 is 20.1 Å². The molecule has 2 fully saturated rings. The van der Waals surface area contributed by atoms with Gasteiger partial charge in [0.15, 0.2) is 5.96 Å². The number of nitrogens with one attached hydrogen (secondary N) is 2. The van der Waals surface area contributed by atoms with Gasteiger partial charge in [-0.3, -0.25) is 9.80 Å². The van der Waals surface area contributed by atoms with Crippen LogP contribution in [-0.4, -0.2) is 86.0 Å². The van der Waals surface area contributed by atoms with Gasteiger partial charge in [0, 0.05) is 51.4 Å². The fraction of sp³-hybridized carbons (Fsp3) is 0.720. The molecule has 2 saturated heterocycles. The smallest absolute Gasteiger partial charge is 0.191 e. The van der Waals surface area contributed by atoms with Gasteiger partial charge >= 0.3 is 0 Å². The number of rotatable bonds is 8. The Hall–Kier alpha value is -1.67. The lowest BCUT2D eigenvalue weighted by atomic mass is 10.0. The van der Waals surface area contributed by atoms with Crippen molar-refractivity contribution in [1.82, 2.24) is 20.4 Å². The van der Waals surface area contributed by atoms with Crippen LogP contribution >= 0.6 is 0 Å². The van der Waals surface area contributed by atoms with Crippen molar-refractivity contribution >= 4 is 5.96 Å². The minimum Gasteiger partial charge on any atom is -0.379 e. The summed E-state index contributed by atoms with van der Waals surface area (Å²) in [6.07, 6.45) is 0.562. The first kappa shape index (κ1) is 25.0. The maximum absolute atomic E-state index is 5.90. The van der Waals surface area contributed by atoms with Crippen LogP contribution in [0.3, 0.4) is 0 Å². The van der Waals surface area contributed by atoms with Crippen molar-refractivity contribution in [3.63, 3.8) is 0 Å². The summed E-state index contributed by atoms with van der Waals surface area (Å²) in [6.45, 7) is 19.8. The zero-order chi connectivity index (χ0) is 23.0. The molecule has 0 amide bonds. The molecule has 3 rings (SSSR count). The zero-order valence-corrected chi connectivity index (χ0v) is 20.7. The molecule has 0 aromatic heterocycles. The van der Waals surface area contributed by atoms with Crippen molar-refractivity contribution in [2.75, 3.05) is 52.5 Å². The number of morpholine rings is 2. The molecule has 0 bridgehead atoms. The summed E-state index contributed by atoms with van der Waals surface area (Å²) in [5.74, 6) is 0.872. The van der Waals surface area contributed by atoms with Gasteiger partial charge in [0.1, 0.15) is 0 Å². The number of hydrogen-bond donors (Lipinski definition) is 2. The summed E-state index contributed by atoms with van der Waals surface area (Å²) in [7, 11) is 0. The van der Waals surface area contributed by atoms with Gasteiger partial charge in [0.05, 0.1) is 32.0 Å². The lowest BCUT2D eigenvalue weighted by molar-refractivity contribution is -0.0705. The molecule has 2 aliphatic rings. The van der Waals surface area contributed by atoms with Crippen LogP contribution in [0.1, 0.15) is 45.7 Å². The molecule has 2 atom stereocenters. The molecule has 2 N–H and O–H groups in total. The van der Waals surface area contributed by atoms with E-state index in [-0.39, 0.29) is 17.7 Å². The SMILES string of the molecule is CCNC(=NCc1ccccc1CN1CC(C)OC(C)C1)NCC(C)(C)N1CCOCC1. The van der Waals surface area contributed by atoms with Crippen molar-refractivity contribution in [2.24, 2.45) is 4.99 Å². The number of guanidine groups is 1. The van der Waals surface area contributed by atoms with Crippen LogP contribution in [0, 0.1) is 0 Å². The second-order valence-corrected chi connectivity index (χ2v) is 9.68. The second-order valence-electron chi connectivity index (χ2n) is 9.68. The molecule has 0 aliphatic carbocycles. The standard InChI is InChI=1S/C25H43N5O2/c1-6-26-24(28-19-25(4,5)30-11-13-31-14-12-30)27-15-22-9-7-8-10-23(22)18-29-16-20(2)32-21(3)17-29/h7-10,20-21H,6,11-19H2,1-5H3,(H2,26,27,28). The van der Waals surface area contributed by atoms with Gasteiger partial charge in [-0.15, -0.1) is 0 Å². The fourth-order valence-corrected chi connectivity index (χ4v) is 4.61. The highest BCUT2D eigenvalue weighted by atomic mass is 16.5. The van der Waals surface area contributed by atoms with E-state index >= 15 is 0 Å². The van der Waals surface area contributed by atoms with Crippen molar-refractivity contribution in [3.8, 4) is 0 Å². The lowest BCUT2D eigenvalue weighted by Gasteiger charge is -2.41. The number of ether oxygens (including phenoxy) is 2. The Labute approximate surface area is 194 Å². The third kappa shape index (κ3) is 7.44. The van der Waals surface area contributed by atoms with Crippen LogP contribution in [0.2, 0.25) is 0 Å². The molecule has 0 saturated carbocycles. The largest absolute Gasteiger partial charge is 0.379 e. The molecule has 1 aromatic carbocycles. The van der Waals surface area contributed by atoms with Crippen LogP contribution < -0.4 is 10.6 Å². The van der Waals surface area contributed by atoms with Crippen molar-refractivity contribution in [2.45, 2.75) is 65.5 Å². The van der Waals surface area contributed by atoms with Crippen LogP contribution in [0.5, 0.6) is 0 Å². The van der Waals surface area contributed by atoms with Crippen LogP contribution in [-0.2, 0) is 22.6 Å². The van der Waals surface area contributed by atoms with Gasteiger partial charge in [0.25, 0.3) is 0 Å². The van der Waals surface area contributed by atoms with Crippen LogP contribution in [0.15, 0.2) is 29.3 Å². The first-order valence-electron chi connectivity index (χ1n) is 12.2. The minimum absolute atomic E-state index is 0.0433. The summed E-state index contributed by atoms with van der Waals surface area (Å²) >= 11 is 0. The highest BCUT2D eigenvalue weighted by Crippen LogP contribution is 2.18. The quantitative estimate of drug-likeness (QED) is 0.474. The summed E-state index contributed by atoms with van der Waals surface area (Å²) in [4.78, 5) is 9.91. The number of nitrogens with zero attached hydrogens (tertiary/aromatic N) is 3. The van der Waals surface area contributed by atoms with Crippen LogP contribution in [0.4, 0.5) is 0 Å². The van der Waals surface area contributed by atoms with Gasteiger partial charge in [-0.25, -0.2) is 4.99 Å². The maximum Gasteiger partial charge on any atom is 0.191 e. The Morgan fingerprint density at radius 3 is 2.38 bits per heavy atom. The van der Waals surface area contributed by atoms with Crippen molar-refractivity contribution in [1.29, 1.82) is 0 Å². The monoisotopic (exact) mass is 445 g/mol. The van der Waals surface area contributed by atoms with E-state index in [4.69, 9.17) is 14.5 Å². The molecule has 180 valence electrons. The first-order valence-corrected chi connectivity index (χ1v) is 12.2. The van der Waals surface area contributed by atoms with Crippen molar-refractivity contribution < 1.29 is 9.47 Å². The fourth-order valence-electron chi connectivity index (χ4n) is 4.61. The number of aliphatic imine (C=N–C) groups is 1. The van der Waals surface area contributed by atoms with E-state index in [9.17, 15) is 0 Å². The Balaban J connectivity index is 1.62.